The van der Waals surface area contributed by atoms with Gasteiger partial charge in [-0.25, -0.2) is 0 Å². The third-order valence-corrected chi connectivity index (χ3v) is 1.99. The number of hydrogen-bond acceptors (Lipinski definition) is 3. The summed E-state index contributed by atoms with van der Waals surface area (Å²) < 4.78 is 4.21. The second kappa shape index (κ2) is 4.91. The zero-order valence-electron chi connectivity index (χ0n) is 7.17. The lowest BCUT2D eigenvalue weighted by molar-refractivity contribution is -0.163. The molecular weight excluding hydrogens is 156 g/mol. The summed E-state index contributed by atoms with van der Waals surface area (Å²) in [6.07, 6.45) is 7.44. The van der Waals surface area contributed by atoms with Crippen LogP contribution in [-0.2, 0) is 14.3 Å². The summed E-state index contributed by atoms with van der Waals surface area (Å²) in [5.41, 5.74) is 0. The molecule has 0 unspecified atom stereocenters. The van der Waals surface area contributed by atoms with Crippen LogP contribution in [0.25, 0.3) is 0 Å². The van der Waals surface area contributed by atoms with Crippen molar-refractivity contribution >= 4 is 11.9 Å². The Morgan fingerprint density at radius 1 is 0.750 bits per heavy atom. The first-order chi connectivity index (χ1) is 5.79. The van der Waals surface area contributed by atoms with E-state index in [1.165, 1.54) is 25.7 Å². The van der Waals surface area contributed by atoms with Crippen LogP contribution < -0.4 is 0 Å². The Balaban J connectivity index is 0.000000150. The Hall–Kier alpha value is -0.860. The van der Waals surface area contributed by atoms with Gasteiger partial charge in [0.05, 0.1) is 0 Å². The van der Waals surface area contributed by atoms with E-state index < -0.39 is 0 Å². The molecule has 0 atom stereocenters. The number of rotatable bonds is 0. The molecule has 0 radical (unpaired) electrons. The van der Waals surface area contributed by atoms with Crippen LogP contribution in [0.15, 0.2) is 0 Å². The van der Waals surface area contributed by atoms with Crippen molar-refractivity contribution in [3.05, 3.63) is 0 Å². The molecule has 2 fully saturated rings. The summed E-state index contributed by atoms with van der Waals surface area (Å²) in [7, 11) is 0. The van der Waals surface area contributed by atoms with E-state index in [9.17, 15) is 9.59 Å². The summed E-state index contributed by atoms with van der Waals surface area (Å²) in [5.74, 6) is -0.775. The summed E-state index contributed by atoms with van der Waals surface area (Å²) in [4.78, 5) is 20.5. The van der Waals surface area contributed by atoms with Crippen molar-refractivity contribution in [1.82, 2.24) is 0 Å². The van der Waals surface area contributed by atoms with Crippen molar-refractivity contribution in [3.8, 4) is 0 Å². The lowest BCUT2D eigenvalue weighted by atomic mass is 10.0. The maximum atomic E-state index is 10.2. The molecule has 3 heteroatoms. The Bertz CT molecular complexity index is 153. The number of ether oxygens (including phenoxy) is 1. The van der Waals surface area contributed by atoms with E-state index in [4.69, 9.17) is 0 Å². The molecule has 1 saturated carbocycles. The minimum Gasteiger partial charge on any atom is -0.393 e. The third-order valence-electron chi connectivity index (χ3n) is 1.99. The van der Waals surface area contributed by atoms with E-state index >= 15 is 0 Å². The Morgan fingerprint density at radius 2 is 1.17 bits per heavy atom. The molecule has 0 amide bonds. The average Bonchev–Trinajstić information content (AvgIpc) is 1.81. The van der Waals surface area contributed by atoms with Gasteiger partial charge in [0, 0.05) is 12.8 Å². The third kappa shape index (κ3) is 3.51. The van der Waals surface area contributed by atoms with Crippen LogP contribution in [0.2, 0.25) is 0 Å². The molecule has 0 aromatic carbocycles. The average molecular weight is 170 g/mol. The molecule has 0 bridgehead atoms. The van der Waals surface area contributed by atoms with Crippen molar-refractivity contribution < 1.29 is 14.3 Å². The summed E-state index contributed by atoms with van der Waals surface area (Å²) in [5, 5.41) is 0. The fourth-order valence-electron chi connectivity index (χ4n) is 0.856. The molecule has 0 N–H and O–H groups in total. The smallest absolute Gasteiger partial charge is 0.313 e. The van der Waals surface area contributed by atoms with Crippen LogP contribution >= 0.6 is 0 Å². The van der Waals surface area contributed by atoms with Crippen molar-refractivity contribution in [2.45, 2.75) is 44.9 Å². The van der Waals surface area contributed by atoms with Gasteiger partial charge in [-0.15, -0.1) is 0 Å². The quantitative estimate of drug-likeness (QED) is 0.411. The van der Waals surface area contributed by atoms with Crippen molar-refractivity contribution in [1.29, 1.82) is 0 Å². The molecule has 0 aromatic rings. The second-order valence-electron chi connectivity index (χ2n) is 3.11. The van der Waals surface area contributed by atoms with E-state index in [-0.39, 0.29) is 11.9 Å². The topological polar surface area (TPSA) is 43.4 Å². The molecule has 2 aliphatic rings. The van der Waals surface area contributed by atoms with E-state index in [1.54, 1.807) is 0 Å². The highest BCUT2D eigenvalue weighted by Crippen LogP contribution is 2.15. The van der Waals surface area contributed by atoms with E-state index in [2.05, 4.69) is 4.74 Å². The molecule has 3 nitrogen and oxygen atoms in total. The first kappa shape index (κ1) is 9.23. The van der Waals surface area contributed by atoms with E-state index in [1.807, 2.05) is 0 Å². The highest BCUT2D eigenvalue weighted by atomic mass is 16.6. The van der Waals surface area contributed by atoms with Gasteiger partial charge in [-0.3, -0.25) is 9.59 Å². The largest absolute Gasteiger partial charge is 0.393 e. The molecule has 1 saturated heterocycles. The minimum atomic E-state index is -0.388. The van der Waals surface area contributed by atoms with Crippen LogP contribution in [0.4, 0.5) is 0 Å². The fraction of sp³-hybridized carbons (Fsp3) is 0.778. The first-order valence-corrected chi connectivity index (χ1v) is 4.52. The van der Waals surface area contributed by atoms with Crippen molar-refractivity contribution in [2.24, 2.45) is 0 Å². The molecule has 0 spiro atoms. The molecular formula is C9H14O3. The van der Waals surface area contributed by atoms with Gasteiger partial charge in [0.2, 0.25) is 0 Å². The number of hydrogen-bond donors (Lipinski definition) is 0. The van der Waals surface area contributed by atoms with Crippen LogP contribution in [0.5, 0.6) is 0 Å². The Labute approximate surface area is 72.1 Å². The van der Waals surface area contributed by atoms with E-state index in [0.29, 0.717) is 19.3 Å². The van der Waals surface area contributed by atoms with Gasteiger partial charge in [-0.05, 0) is 6.42 Å². The lowest BCUT2D eigenvalue weighted by Crippen LogP contribution is -2.17. The molecule has 1 aliphatic carbocycles. The lowest BCUT2D eigenvalue weighted by Gasteiger charge is -2.06. The SMILES string of the molecule is C1CCC1.O=C1CCCC(=O)O1. The van der Waals surface area contributed by atoms with Crippen LogP contribution in [-0.4, -0.2) is 11.9 Å². The number of carbonyl (C=O) groups excluding carboxylic acids is 2. The fourth-order valence-corrected chi connectivity index (χ4v) is 0.856. The monoisotopic (exact) mass is 170 g/mol. The molecule has 0 aromatic heterocycles. The van der Waals surface area contributed by atoms with Gasteiger partial charge in [-0.2, -0.15) is 0 Å². The zero-order chi connectivity index (χ0) is 8.81. The predicted octanol–water partition coefficient (Wildman–Crippen LogP) is 1.80. The summed E-state index contributed by atoms with van der Waals surface area (Å²) in [6, 6.07) is 0. The first-order valence-electron chi connectivity index (χ1n) is 4.52. The number of esters is 2. The molecule has 1 heterocycles. The summed E-state index contributed by atoms with van der Waals surface area (Å²) >= 11 is 0. The Kier molecular flexibility index (Phi) is 3.77. The van der Waals surface area contributed by atoms with Gasteiger partial charge in [0.15, 0.2) is 0 Å². The van der Waals surface area contributed by atoms with Crippen LogP contribution in [0, 0.1) is 0 Å². The van der Waals surface area contributed by atoms with Gasteiger partial charge < -0.3 is 4.74 Å². The van der Waals surface area contributed by atoms with E-state index in [0.717, 1.165) is 0 Å². The predicted molar refractivity (Wildman–Crippen MR) is 43.4 cm³/mol. The molecule has 2 rings (SSSR count). The van der Waals surface area contributed by atoms with Crippen molar-refractivity contribution in [2.75, 3.05) is 0 Å². The maximum Gasteiger partial charge on any atom is 0.313 e. The molecule has 68 valence electrons. The van der Waals surface area contributed by atoms with Gasteiger partial charge in [0.1, 0.15) is 0 Å². The van der Waals surface area contributed by atoms with Crippen molar-refractivity contribution in [3.63, 3.8) is 0 Å². The Morgan fingerprint density at radius 3 is 1.33 bits per heavy atom. The molecule has 12 heavy (non-hydrogen) atoms. The summed E-state index contributed by atoms with van der Waals surface area (Å²) in [6.45, 7) is 0. The zero-order valence-corrected chi connectivity index (χ0v) is 7.17. The van der Waals surface area contributed by atoms with Crippen LogP contribution in [0.3, 0.4) is 0 Å². The van der Waals surface area contributed by atoms with Crippen LogP contribution in [0.1, 0.15) is 44.9 Å². The maximum absolute atomic E-state index is 10.2. The standard InChI is InChI=1S/C5H6O3.C4H8/c6-4-2-1-3-5(7)8-4;1-2-4-3-1/h1-3H2;1-4H2. The van der Waals surface area contributed by atoms with Gasteiger partial charge >= 0.3 is 11.9 Å². The number of carbonyl (C=O) groups is 2. The highest BCUT2D eigenvalue weighted by Gasteiger charge is 2.15. The minimum absolute atomic E-state index is 0.388. The number of cyclic esters (lactones) is 2. The molecule has 1 aliphatic heterocycles. The highest BCUT2D eigenvalue weighted by molar-refractivity contribution is 5.87. The normalized spacial score (nSPS) is 21.7. The second-order valence-corrected chi connectivity index (χ2v) is 3.11. The van der Waals surface area contributed by atoms with Gasteiger partial charge in [0.25, 0.3) is 0 Å². The van der Waals surface area contributed by atoms with Gasteiger partial charge in [-0.1, -0.05) is 25.7 Å².